The summed E-state index contributed by atoms with van der Waals surface area (Å²) in [6.45, 7) is 4.51. The van der Waals surface area contributed by atoms with Crippen LogP contribution in [0.4, 0.5) is 15.3 Å². The van der Waals surface area contributed by atoms with E-state index in [0.29, 0.717) is 5.56 Å². The summed E-state index contributed by atoms with van der Waals surface area (Å²) in [5.41, 5.74) is 0.944. The number of carbonyl (C=O) groups excluding carboxylic acids is 3. The minimum atomic E-state index is -1.04. The van der Waals surface area contributed by atoms with Gasteiger partial charge in [0.2, 0.25) is 5.91 Å². The Balaban J connectivity index is 2.69. The van der Waals surface area contributed by atoms with E-state index in [4.69, 9.17) is 24.1 Å². The average Bonchev–Trinajstić information content (AvgIpc) is 2.78. The summed E-state index contributed by atoms with van der Waals surface area (Å²) in [5.74, 6) is -1.78. The van der Waals surface area contributed by atoms with Gasteiger partial charge in [0, 0.05) is 18.1 Å². The molecule has 0 saturated carbocycles. The first kappa shape index (κ1) is 22.5. The number of ether oxygens (including phenoxy) is 4. The molecule has 0 bridgehead atoms. The topological polar surface area (TPSA) is 137 Å². The van der Waals surface area contributed by atoms with E-state index in [2.05, 4.69) is 5.32 Å². The van der Waals surface area contributed by atoms with Crippen LogP contribution in [-0.4, -0.2) is 42.5 Å². The van der Waals surface area contributed by atoms with Crippen LogP contribution in [-0.2, 0) is 25.5 Å². The highest BCUT2D eigenvalue weighted by Gasteiger charge is 2.30. The lowest BCUT2D eigenvalue weighted by atomic mass is 10.2. The molecule has 0 radical (unpaired) electrons. The average molecular weight is 419 g/mol. The predicted octanol–water partition coefficient (Wildman–Crippen LogP) is 3.45. The Bertz CT molecular complexity index is 880. The van der Waals surface area contributed by atoms with Crippen molar-refractivity contribution in [2.45, 2.75) is 27.2 Å². The van der Waals surface area contributed by atoms with Gasteiger partial charge in [-0.1, -0.05) is 24.3 Å². The molecule has 0 heterocycles. The maximum absolute atomic E-state index is 12.0. The second-order valence-corrected chi connectivity index (χ2v) is 5.92. The van der Waals surface area contributed by atoms with Gasteiger partial charge in [-0.05, 0) is 19.4 Å². The molecule has 2 rings (SSSR count). The van der Waals surface area contributed by atoms with Gasteiger partial charge >= 0.3 is 18.3 Å². The lowest BCUT2D eigenvalue weighted by molar-refractivity contribution is -0.136. The van der Waals surface area contributed by atoms with Crippen molar-refractivity contribution in [1.29, 1.82) is 0 Å². The molecule has 10 heteroatoms. The Hall–Kier alpha value is -3.82. The molecule has 0 spiro atoms. The first-order valence-electron chi connectivity index (χ1n) is 9.03. The smallest absolute Gasteiger partial charge is 0.481 e. The van der Waals surface area contributed by atoms with Gasteiger partial charge in [-0.3, -0.25) is 9.59 Å². The quantitative estimate of drug-likeness (QED) is 0.646. The second kappa shape index (κ2) is 10.1. The number of carboxylic acid groups (broad SMARTS) is 1. The summed E-state index contributed by atoms with van der Waals surface area (Å²) in [4.78, 5) is 46.7. The van der Waals surface area contributed by atoms with Gasteiger partial charge in [0.25, 0.3) is 0 Å². The third-order valence-electron chi connectivity index (χ3n) is 3.71. The van der Waals surface area contributed by atoms with Gasteiger partial charge in [0.15, 0.2) is 11.5 Å². The normalized spacial score (nSPS) is 10.2. The summed E-state index contributed by atoms with van der Waals surface area (Å²) >= 11 is 0. The van der Waals surface area contributed by atoms with Crippen molar-refractivity contribution in [2.75, 3.05) is 18.5 Å². The van der Waals surface area contributed by atoms with E-state index in [9.17, 15) is 19.2 Å². The number of hydrogen-bond acceptors (Lipinski definition) is 8. The Kier molecular flexibility index (Phi) is 7.56. The van der Waals surface area contributed by atoms with Crippen LogP contribution in [0.15, 0.2) is 24.3 Å². The van der Waals surface area contributed by atoms with Crippen LogP contribution >= 0.6 is 0 Å². The molecule has 0 fully saturated rings. The van der Waals surface area contributed by atoms with E-state index in [1.54, 1.807) is 13.8 Å². The molecule has 0 aliphatic heterocycles. The van der Waals surface area contributed by atoms with Crippen molar-refractivity contribution in [3.63, 3.8) is 0 Å². The molecule has 0 aromatic heterocycles. The minimum absolute atomic E-state index is 0.0513. The molecule has 2 aliphatic carbocycles. The Morgan fingerprint density at radius 2 is 1.33 bits per heavy atom. The summed E-state index contributed by atoms with van der Waals surface area (Å²) in [6, 6.07) is 6.01. The van der Waals surface area contributed by atoms with E-state index in [0.717, 1.165) is 0 Å². The SMILES string of the molecule is CCOC(=O)Oc1c2ccc(CC(=O)O)ccc-2c(OC(=O)OCC)c1NC(C)=O. The van der Waals surface area contributed by atoms with Crippen LogP contribution in [0.25, 0.3) is 11.1 Å². The van der Waals surface area contributed by atoms with E-state index >= 15 is 0 Å². The maximum atomic E-state index is 12.0. The number of rotatable bonds is 7. The highest BCUT2D eigenvalue weighted by atomic mass is 16.7. The second-order valence-electron chi connectivity index (χ2n) is 5.92. The molecule has 1 amide bonds. The number of amides is 1. The van der Waals surface area contributed by atoms with Crippen LogP contribution in [0, 0.1) is 0 Å². The Morgan fingerprint density at radius 3 is 1.70 bits per heavy atom. The van der Waals surface area contributed by atoms with Crippen LogP contribution < -0.4 is 14.8 Å². The minimum Gasteiger partial charge on any atom is -0.481 e. The molecule has 160 valence electrons. The Morgan fingerprint density at radius 1 is 0.867 bits per heavy atom. The monoisotopic (exact) mass is 419 g/mol. The van der Waals surface area contributed by atoms with Crippen LogP contribution in [0.5, 0.6) is 11.5 Å². The molecule has 0 saturated heterocycles. The molecule has 2 aliphatic rings. The predicted molar refractivity (Wildman–Crippen MR) is 104 cm³/mol. The van der Waals surface area contributed by atoms with Crippen molar-refractivity contribution < 1.29 is 43.2 Å². The first-order valence-corrected chi connectivity index (χ1v) is 9.03. The van der Waals surface area contributed by atoms with Gasteiger partial charge in [-0.25, -0.2) is 9.59 Å². The fraction of sp³-hybridized carbons (Fsp3) is 0.300. The first-order chi connectivity index (χ1) is 14.3. The van der Waals surface area contributed by atoms with Gasteiger partial charge in [-0.2, -0.15) is 0 Å². The molecule has 0 atom stereocenters. The number of carboxylic acids is 1. The molecule has 0 aromatic rings. The number of fused-ring (bicyclic) bond motifs is 1. The lowest BCUT2D eigenvalue weighted by Crippen LogP contribution is -2.14. The molecule has 0 unspecified atom stereocenters. The number of aliphatic carboxylic acids is 1. The van der Waals surface area contributed by atoms with E-state index in [1.807, 2.05) is 0 Å². The van der Waals surface area contributed by atoms with Crippen LogP contribution in [0.3, 0.4) is 0 Å². The highest BCUT2D eigenvalue weighted by Crippen LogP contribution is 2.52. The standard InChI is InChI=1S/C20H21NO9/c1-4-27-19(25)29-17-13-8-6-12(10-15(23)24)7-9-14(13)18(16(17)21-11(3)22)30-20(26)28-5-2/h6-9H,4-5,10H2,1-3H3,(H,21,22)(H,23,24). The van der Waals surface area contributed by atoms with Gasteiger partial charge in [0.1, 0.15) is 5.69 Å². The zero-order valence-electron chi connectivity index (χ0n) is 16.6. The lowest BCUT2D eigenvalue weighted by Gasteiger charge is -2.09. The largest absolute Gasteiger partial charge is 0.513 e. The summed E-state index contributed by atoms with van der Waals surface area (Å²) in [5, 5.41) is 11.5. The zero-order chi connectivity index (χ0) is 22.3. The molecule has 10 nitrogen and oxygen atoms in total. The van der Waals surface area contributed by atoms with Crippen molar-refractivity contribution in [1.82, 2.24) is 0 Å². The molecule has 0 aromatic carbocycles. The Labute approximate surface area is 172 Å². The number of nitrogens with one attached hydrogen (secondary N) is 1. The fourth-order valence-corrected chi connectivity index (χ4v) is 2.64. The highest BCUT2D eigenvalue weighted by molar-refractivity contribution is 6.02. The summed E-state index contributed by atoms with van der Waals surface area (Å²) < 4.78 is 20.1. The van der Waals surface area contributed by atoms with Crippen molar-refractivity contribution in [3.8, 4) is 22.6 Å². The summed E-state index contributed by atoms with van der Waals surface area (Å²) in [7, 11) is 0. The third-order valence-corrected chi connectivity index (χ3v) is 3.71. The number of hydrogen-bond donors (Lipinski definition) is 2. The van der Waals surface area contributed by atoms with Gasteiger partial charge < -0.3 is 29.4 Å². The van der Waals surface area contributed by atoms with Crippen LogP contribution in [0.2, 0.25) is 0 Å². The summed E-state index contributed by atoms with van der Waals surface area (Å²) in [6.07, 6.45) is -2.32. The molecule has 30 heavy (non-hydrogen) atoms. The molecule has 2 N–H and O–H groups in total. The van der Waals surface area contributed by atoms with Crippen molar-refractivity contribution >= 4 is 29.9 Å². The maximum Gasteiger partial charge on any atom is 0.513 e. The number of carbonyl (C=O) groups is 4. The zero-order valence-corrected chi connectivity index (χ0v) is 16.6. The van der Waals surface area contributed by atoms with E-state index in [1.165, 1.54) is 31.2 Å². The van der Waals surface area contributed by atoms with Crippen molar-refractivity contribution in [2.24, 2.45) is 0 Å². The van der Waals surface area contributed by atoms with Gasteiger partial charge in [0.05, 0.1) is 19.6 Å². The number of anilines is 1. The fourth-order valence-electron chi connectivity index (χ4n) is 2.64. The van der Waals surface area contributed by atoms with E-state index < -0.39 is 24.2 Å². The molecular weight excluding hydrogens is 398 g/mol. The van der Waals surface area contributed by atoms with E-state index in [-0.39, 0.29) is 47.9 Å². The molecular formula is C20H21NO9. The third kappa shape index (κ3) is 5.60. The van der Waals surface area contributed by atoms with Gasteiger partial charge in [-0.15, -0.1) is 0 Å². The van der Waals surface area contributed by atoms with Crippen LogP contribution in [0.1, 0.15) is 26.3 Å². The van der Waals surface area contributed by atoms with Crippen molar-refractivity contribution in [3.05, 3.63) is 29.8 Å².